The van der Waals surface area contributed by atoms with Crippen molar-refractivity contribution in [3.63, 3.8) is 0 Å². The Morgan fingerprint density at radius 3 is 2.55 bits per heavy atom. The zero-order valence-electron chi connectivity index (χ0n) is 21.6. The molecule has 2 aliphatic rings. The lowest BCUT2D eigenvalue weighted by atomic mass is 9.79. The van der Waals surface area contributed by atoms with Crippen molar-refractivity contribution in [1.82, 2.24) is 9.88 Å². The van der Waals surface area contributed by atoms with E-state index in [1.54, 1.807) is 18.2 Å². The summed E-state index contributed by atoms with van der Waals surface area (Å²) in [6.07, 6.45) is 4.33. The van der Waals surface area contributed by atoms with Crippen LogP contribution in [-0.4, -0.2) is 45.6 Å². The number of β-amino-alcohol motifs (C(OH)–C–C–N with tert-alkyl or cyclic N) is 1. The third kappa shape index (κ3) is 6.39. The molecule has 210 valence electrons. The van der Waals surface area contributed by atoms with Crippen LogP contribution in [0.1, 0.15) is 43.2 Å². The highest BCUT2D eigenvalue weighted by Crippen LogP contribution is 2.41. The molecule has 40 heavy (non-hydrogen) atoms. The van der Waals surface area contributed by atoms with Gasteiger partial charge in [0.2, 0.25) is 5.91 Å². The van der Waals surface area contributed by atoms with Gasteiger partial charge in [0.05, 0.1) is 22.4 Å². The molecule has 3 aromatic rings. The Kier molecular flexibility index (Phi) is 8.28. The SMILES string of the molecule is NC(CCC1CC1)(c1cccc(Cl)c1)c1ccc(F)c(NC(=O)[C@H]2C[C@@H](O)CN2C(=O)Nc2ccc(Cl)cn2)c1. The van der Waals surface area contributed by atoms with Crippen LogP contribution in [0, 0.1) is 11.7 Å². The highest BCUT2D eigenvalue weighted by atomic mass is 35.5. The normalized spacial score (nSPS) is 20.2. The first-order valence-electron chi connectivity index (χ1n) is 13.2. The van der Waals surface area contributed by atoms with Crippen molar-refractivity contribution in [2.45, 2.75) is 49.8 Å². The third-order valence-electron chi connectivity index (χ3n) is 7.53. The van der Waals surface area contributed by atoms with E-state index in [1.165, 1.54) is 42.1 Å². The summed E-state index contributed by atoms with van der Waals surface area (Å²) in [5, 5.41) is 16.4. The summed E-state index contributed by atoms with van der Waals surface area (Å²) in [5.41, 5.74) is 7.42. The third-order valence-corrected chi connectivity index (χ3v) is 7.99. The van der Waals surface area contributed by atoms with Crippen molar-refractivity contribution in [3.05, 3.63) is 87.8 Å². The molecule has 1 unspecified atom stereocenters. The molecule has 5 N–H and O–H groups in total. The Morgan fingerprint density at radius 2 is 1.85 bits per heavy atom. The summed E-state index contributed by atoms with van der Waals surface area (Å²) in [6.45, 7) is -0.0676. The first-order valence-corrected chi connectivity index (χ1v) is 13.9. The number of amides is 3. The molecular weight excluding hydrogens is 556 g/mol. The van der Waals surface area contributed by atoms with Gasteiger partial charge in [0.1, 0.15) is 17.7 Å². The summed E-state index contributed by atoms with van der Waals surface area (Å²) in [6, 6.07) is 13.2. The van der Waals surface area contributed by atoms with Gasteiger partial charge in [0, 0.05) is 24.2 Å². The number of carbonyl (C=O) groups excluding carboxylic acids is 2. The maximum Gasteiger partial charge on any atom is 0.323 e. The van der Waals surface area contributed by atoms with Gasteiger partial charge < -0.3 is 21.1 Å². The van der Waals surface area contributed by atoms with E-state index in [0.29, 0.717) is 27.9 Å². The van der Waals surface area contributed by atoms with E-state index in [4.69, 9.17) is 28.9 Å². The molecule has 0 radical (unpaired) electrons. The summed E-state index contributed by atoms with van der Waals surface area (Å²) in [5.74, 6) is -0.418. The predicted octanol–water partition coefficient (Wildman–Crippen LogP) is 5.53. The zero-order valence-corrected chi connectivity index (χ0v) is 23.1. The molecule has 1 aromatic heterocycles. The van der Waals surface area contributed by atoms with E-state index >= 15 is 4.39 Å². The number of nitrogens with two attached hydrogens (primary N) is 1. The molecule has 2 fully saturated rings. The molecule has 3 amide bonds. The number of aromatic nitrogens is 1. The molecule has 1 saturated carbocycles. The number of carbonyl (C=O) groups is 2. The van der Waals surface area contributed by atoms with Crippen molar-refractivity contribution in [2.24, 2.45) is 11.7 Å². The molecule has 1 aliphatic carbocycles. The van der Waals surface area contributed by atoms with Crippen LogP contribution in [0.25, 0.3) is 0 Å². The van der Waals surface area contributed by atoms with E-state index in [-0.39, 0.29) is 24.5 Å². The standard InChI is InChI=1S/C29H30Cl2FN5O3/c30-20-3-1-2-18(12-20)29(33,11-10-17-4-5-17)19-6-8-23(32)24(13-19)35-27(39)25-14-22(38)16-37(25)28(40)36-26-9-7-21(31)15-34-26/h1-3,6-9,12-13,15,17,22,25,38H,4-5,10-11,14,16,33H2,(H,35,39)(H,34,36,40)/t22-,25-,29?/m1/s1. The minimum Gasteiger partial charge on any atom is -0.391 e. The van der Waals surface area contributed by atoms with E-state index in [1.807, 2.05) is 18.2 Å². The Morgan fingerprint density at radius 1 is 1.07 bits per heavy atom. The molecule has 8 nitrogen and oxygen atoms in total. The van der Waals surface area contributed by atoms with E-state index in [9.17, 15) is 14.7 Å². The second-order valence-corrected chi connectivity index (χ2v) is 11.4. The second-order valence-electron chi connectivity index (χ2n) is 10.5. The number of aliphatic hydroxyl groups excluding tert-OH is 1. The quantitative estimate of drug-likeness (QED) is 0.277. The number of nitrogens with zero attached hydrogens (tertiary/aromatic N) is 2. The van der Waals surface area contributed by atoms with Gasteiger partial charge in [-0.05, 0) is 66.3 Å². The van der Waals surface area contributed by atoms with Crippen molar-refractivity contribution < 1.29 is 19.1 Å². The van der Waals surface area contributed by atoms with Crippen LogP contribution in [0.5, 0.6) is 0 Å². The molecule has 1 saturated heterocycles. The van der Waals surface area contributed by atoms with Crippen LogP contribution in [-0.2, 0) is 10.3 Å². The van der Waals surface area contributed by atoms with Gasteiger partial charge in [-0.2, -0.15) is 0 Å². The predicted molar refractivity (Wildman–Crippen MR) is 153 cm³/mol. The van der Waals surface area contributed by atoms with Gasteiger partial charge in [-0.15, -0.1) is 0 Å². The van der Waals surface area contributed by atoms with Crippen molar-refractivity contribution in [2.75, 3.05) is 17.2 Å². The molecule has 3 atom stereocenters. The average molecular weight is 586 g/mol. The lowest BCUT2D eigenvalue weighted by molar-refractivity contribution is -0.119. The Bertz CT molecular complexity index is 1400. The number of nitrogens with one attached hydrogen (secondary N) is 2. The molecule has 0 bridgehead atoms. The molecular formula is C29H30Cl2FN5O3. The molecule has 1 aliphatic heterocycles. The molecule has 2 heterocycles. The fraction of sp³-hybridized carbons (Fsp3) is 0.345. The Labute approximate surface area is 241 Å². The van der Waals surface area contributed by atoms with E-state index in [2.05, 4.69) is 15.6 Å². The number of halogens is 3. The second kappa shape index (κ2) is 11.7. The van der Waals surface area contributed by atoms with Crippen molar-refractivity contribution in [1.29, 1.82) is 0 Å². The van der Waals surface area contributed by atoms with Gasteiger partial charge in [-0.25, -0.2) is 14.2 Å². The molecule has 2 aromatic carbocycles. The first kappa shape index (κ1) is 28.3. The molecule has 5 rings (SSSR count). The van der Waals surface area contributed by atoms with Crippen LogP contribution in [0.4, 0.5) is 20.7 Å². The number of hydrogen-bond donors (Lipinski definition) is 4. The lowest BCUT2D eigenvalue weighted by Gasteiger charge is -2.32. The fourth-order valence-corrected chi connectivity index (χ4v) is 5.39. The monoisotopic (exact) mass is 585 g/mol. The largest absolute Gasteiger partial charge is 0.391 e. The topological polar surface area (TPSA) is 121 Å². The van der Waals surface area contributed by atoms with Gasteiger partial charge in [-0.1, -0.05) is 54.2 Å². The number of rotatable bonds is 8. The highest BCUT2D eigenvalue weighted by Gasteiger charge is 2.40. The van der Waals surface area contributed by atoms with Crippen LogP contribution in [0.3, 0.4) is 0 Å². The lowest BCUT2D eigenvalue weighted by Crippen LogP contribution is -2.45. The highest BCUT2D eigenvalue weighted by molar-refractivity contribution is 6.30. The maximum atomic E-state index is 15.0. The number of hydrogen-bond acceptors (Lipinski definition) is 5. The van der Waals surface area contributed by atoms with Crippen LogP contribution < -0.4 is 16.4 Å². The summed E-state index contributed by atoms with van der Waals surface area (Å²) >= 11 is 12.1. The molecule has 0 spiro atoms. The van der Waals surface area contributed by atoms with Gasteiger partial charge in [-0.3, -0.25) is 10.1 Å². The van der Waals surface area contributed by atoms with Gasteiger partial charge >= 0.3 is 6.03 Å². The Hall–Kier alpha value is -3.24. The average Bonchev–Trinajstić information content (AvgIpc) is 3.68. The van der Waals surface area contributed by atoms with Crippen LogP contribution in [0.2, 0.25) is 10.0 Å². The van der Waals surface area contributed by atoms with Crippen molar-refractivity contribution >= 4 is 46.6 Å². The number of anilines is 2. The first-order chi connectivity index (χ1) is 19.1. The fourth-order valence-electron chi connectivity index (χ4n) is 5.09. The summed E-state index contributed by atoms with van der Waals surface area (Å²) in [4.78, 5) is 31.5. The number of benzene rings is 2. The minimum atomic E-state index is -1.03. The smallest absolute Gasteiger partial charge is 0.323 e. The molecule has 11 heteroatoms. The maximum absolute atomic E-state index is 15.0. The van der Waals surface area contributed by atoms with Crippen molar-refractivity contribution in [3.8, 4) is 0 Å². The summed E-state index contributed by atoms with van der Waals surface area (Å²) in [7, 11) is 0. The number of pyridine rings is 1. The van der Waals surface area contributed by atoms with Gasteiger partial charge in [0.15, 0.2) is 0 Å². The van der Waals surface area contributed by atoms with E-state index in [0.717, 1.165) is 12.0 Å². The van der Waals surface area contributed by atoms with Crippen LogP contribution >= 0.6 is 23.2 Å². The Balaban J connectivity index is 1.37. The number of likely N-dealkylation sites (tertiary alicyclic amines) is 1. The number of urea groups is 1. The minimum absolute atomic E-state index is 0.000656. The van der Waals surface area contributed by atoms with Gasteiger partial charge in [0.25, 0.3) is 0 Å². The number of aliphatic hydroxyl groups is 1. The zero-order chi connectivity index (χ0) is 28.4. The van der Waals surface area contributed by atoms with Crippen LogP contribution in [0.15, 0.2) is 60.8 Å². The van der Waals surface area contributed by atoms with E-state index < -0.39 is 35.4 Å². The summed E-state index contributed by atoms with van der Waals surface area (Å²) < 4.78 is 15.0.